The topological polar surface area (TPSA) is 83.8 Å². The highest BCUT2D eigenvalue weighted by molar-refractivity contribution is 7.99. The number of hydrogen-bond donors (Lipinski definition) is 2. The highest BCUT2D eigenvalue weighted by atomic mass is 32.2. The molecule has 3 rings (SSSR count). The lowest BCUT2D eigenvalue weighted by atomic mass is 10.3. The van der Waals surface area contributed by atoms with Crippen molar-refractivity contribution in [3.05, 3.63) is 60.1 Å². The average Bonchev–Trinajstić information content (AvgIpc) is 3.25. The van der Waals surface area contributed by atoms with Crippen LogP contribution in [0, 0.1) is 5.82 Å². The zero-order valence-corrected chi connectivity index (χ0v) is 13.2. The van der Waals surface area contributed by atoms with E-state index in [4.69, 9.17) is 4.42 Å². The summed E-state index contributed by atoms with van der Waals surface area (Å²) in [5.41, 5.74) is 0.541. The SMILES string of the molecule is O=C(CSc1n[nH]c(/C=C/c2ccco2)n1)Nc1ccc(F)cc1. The van der Waals surface area contributed by atoms with Crippen molar-refractivity contribution in [1.82, 2.24) is 15.2 Å². The van der Waals surface area contributed by atoms with Gasteiger partial charge < -0.3 is 9.73 Å². The molecule has 0 aliphatic carbocycles. The number of anilines is 1. The maximum absolute atomic E-state index is 12.8. The number of carbonyl (C=O) groups excluding carboxylic acids is 1. The second kappa shape index (κ2) is 7.60. The molecule has 122 valence electrons. The van der Waals surface area contributed by atoms with Crippen LogP contribution in [0.4, 0.5) is 10.1 Å². The van der Waals surface area contributed by atoms with Gasteiger partial charge in [0.05, 0.1) is 12.0 Å². The first-order valence-corrected chi connectivity index (χ1v) is 8.00. The molecule has 0 spiro atoms. The molecule has 2 heterocycles. The third-order valence-electron chi connectivity index (χ3n) is 2.89. The second-order valence-electron chi connectivity index (χ2n) is 4.70. The molecule has 0 saturated heterocycles. The quantitative estimate of drug-likeness (QED) is 0.669. The molecule has 0 fully saturated rings. The summed E-state index contributed by atoms with van der Waals surface area (Å²) in [6, 6.07) is 9.19. The van der Waals surface area contributed by atoms with Crippen LogP contribution in [-0.2, 0) is 4.79 Å². The molecule has 0 atom stereocenters. The smallest absolute Gasteiger partial charge is 0.234 e. The summed E-state index contributed by atoms with van der Waals surface area (Å²) in [5, 5.41) is 9.92. The Morgan fingerprint density at radius 2 is 2.12 bits per heavy atom. The highest BCUT2D eigenvalue weighted by Crippen LogP contribution is 2.15. The molecule has 0 radical (unpaired) electrons. The number of furan rings is 1. The minimum atomic E-state index is -0.349. The summed E-state index contributed by atoms with van der Waals surface area (Å²) in [4.78, 5) is 16.1. The van der Waals surface area contributed by atoms with Crippen LogP contribution < -0.4 is 5.32 Å². The number of hydrogen-bond acceptors (Lipinski definition) is 5. The number of benzene rings is 1. The molecule has 3 aromatic rings. The maximum Gasteiger partial charge on any atom is 0.234 e. The van der Waals surface area contributed by atoms with Crippen molar-refractivity contribution in [2.75, 3.05) is 11.1 Å². The molecule has 8 heteroatoms. The molecule has 0 saturated carbocycles. The molecule has 1 amide bonds. The van der Waals surface area contributed by atoms with Gasteiger partial charge in [0.1, 0.15) is 17.4 Å². The zero-order valence-electron chi connectivity index (χ0n) is 12.4. The molecule has 0 aliphatic rings. The number of aromatic amines is 1. The van der Waals surface area contributed by atoms with E-state index in [0.717, 1.165) is 0 Å². The fraction of sp³-hybridized carbons (Fsp3) is 0.0625. The number of rotatable bonds is 6. The van der Waals surface area contributed by atoms with Gasteiger partial charge in [0.15, 0.2) is 0 Å². The van der Waals surface area contributed by atoms with E-state index in [0.29, 0.717) is 22.4 Å². The van der Waals surface area contributed by atoms with Crippen LogP contribution in [0.3, 0.4) is 0 Å². The number of nitrogens with one attached hydrogen (secondary N) is 2. The number of halogens is 1. The Morgan fingerprint density at radius 3 is 2.88 bits per heavy atom. The summed E-state index contributed by atoms with van der Waals surface area (Å²) >= 11 is 1.20. The van der Waals surface area contributed by atoms with Crippen LogP contribution in [-0.4, -0.2) is 26.8 Å². The first-order valence-electron chi connectivity index (χ1n) is 7.01. The number of carbonyl (C=O) groups is 1. The van der Waals surface area contributed by atoms with E-state index in [1.165, 1.54) is 36.0 Å². The fourth-order valence-corrected chi connectivity index (χ4v) is 2.41. The van der Waals surface area contributed by atoms with Gasteiger partial charge in [-0.3, -0.25) is 9.89 Å². The normalized spacial score (nSPS) is 11.0. The summed E-state index contributed by atoms with van der Waals surface area (Å²) in [6.45, 7) is 0. The molecule has 2 N–H and O–H groups in total. The summed E-state index contributed by atoms with van der Waals surface area (Å²) in [6.07, 6.45) is 5.08. The van der Waals surface area contributed by atoms with Gasteiger partial charge in [0.2, 0.25) is 11.1 Å². The Bertz CT molecular complexity index is 828. The van der Waals surface area contributed by atoms with Crippen molar-refractivity contribution >= 4 is 35.5 Å². The van der Waals surface area contributed by atoms with E-state index >= 15 is 0 Å². The van der Waals surface area contributed by atoms with E-state index in [1.807, 2.05) is 6.07 Å². The van der Waals surface area contributed by atoms with Crippen LogP contribution in [0.1, 0.15) is 11.6 Å². The lowest BCUT2D eigenvalue weighted by molar-refractivity contribution is -0.113. The van der Waals surface area contributed by atoms with E-state index < -0.39 is 0 Å². The molecule has 24 heavy (non-hydrogen) atoms. The third-order valence-corrected chi connectivity index (χ3v) is 3.74. The molecular formula is C16H13FN4O2S. The van der Waals surface area contributed by atoms with Crippen molar-refractivity contribution in [3.63, 3.8) is 0 Å². The van der Waals surface area contributed by atoms with E-state index in [1.54, 1.807) is 24.5 Å². The minimum Gasteiger partial charge on any atom is -0.465 e. The molecule has 6 nitrogen and oxygen atoms in total. The summed E-state index contributed by atoms with van der Waals surface area (Å²) < 4.78 is 18.0. The second-order valence-corrected chi connectivity index (χ2v) is 5.64. The van der Waals surface area contributed by atoms with Crippen LogP contribution >= 0.6 is 11.8 Å². The monoisotopic (exact) mass is 344 g/mol. The highest BCUT2D eigenvalue weighted by Gasteiger charge is 2.07. The molecule has 0 unspecified atom stereocenters. The maximum atomic E-state index is 12.8. The fourth-order valence-electron chi connectivity index (χ4n) is 1.80. The first-order chi connectivity index (χ1) is 11.7. The van der Waals surface area contributed by atoms with Gasteiger partial charge in [0.25, 0.3) is 0 Å². The van der Waals surface area contributed by atoms with Gasteiger partial charge in [-0.15, -0.1) is 5.10 Å². The first kappa shape index (κ1) is 16.0. The standard InChI is InChI=1S/C16H13FN4O2S/c17-11-3-5-12(6-4-11)18-15(22)10-24-16-19-14(20-21-16)8-7-13-2-1-9-23-13/h1-9H,10H2,(H,18,22)(H,19,20,21)/b8-7+. The van der Waals surface area contributed by atoms with Gasteiger partial charge in [-0.1, -0.05) is 11.8 Å². The van der Waals surface area contributed by atoms with Gasteiger partial charge in [-0.05, 0) is 48.6 Å². The number of thioether (sulfide) groups is 1. The zero-order chi connectivity index (χ0) is 16.8. The molecule has 2 aromatic heterocycles. The van der Waals surface area contributed by atoms with Crippen molar-refractivity contribution in [2.45, 2.75) is 5.16 Å². The van der Waals surface area contributed by atoms with E-state index in [9.17, 15) is 9.18 Å². The molecule has 0 aliphatic heterocycles. The van der Waals surface area contributed by atoms with Crippen molar-refractivity contribution in [3.8, 4) is 0 Å². The summed E-state index contributed by atoms with van der Waals surface area (Å²) in [7, 11) is 0. The number of nitrogens with zero attached hydrogens (tertiary/aromatic N) is 2. The van der Waals surface area contributed by atoms with Crippen molar-refractivity contribution in [1.29, 1.82) is 0 Å². The number of H-pyrrole nitrogens is 1. The van der Waals surface area contributed by atoms with E-state index in [2.05, 4.69) is 20.5 Å². The van der Waals surface area contributed by atoms with Crippen LogP contribution in [0.15, 0.2) is 52.2 Å². The Labute approximate surface area is 141 Å². The number of aromatic nitrogens is 3. The van der Waals surface area contributed by atoms with Gasteiger partial charge in [-0.2, -0.15) is 0 Å². The van der Waals surface area contributed by atoms with Crippen LogP contribution in [0.5, 0.6) is 0 Å². The largest absolute Gasteiger partial charge is 0.465 e. The van der Waals surface area contributed by atoms with Gasteiger partial charge >= 0.3 is 0 Å². The molecular weight excluding hydrogens is 331 g/mol. The molecule has 0 bridgehead atoms. The Hall–Kier alpha value is -2.87. The lowest BCUT2D eigenvalue weighted by Crippen LogP contribution is -2.14. The van der Waals surface area contributed by atoms with Gasteiger partial charge in [0, 0.05) is 5.69 Å². The van der Waals surface area contributed by atoms with Crippen LogP contribution in [0.2, 0.25) is 0 Å². The Kier molecular flexibility index (Phi) is 5.07. The van der Waals surface area contributed by atoms with Gasteiger partial charge in [-0.25, -0.2) is 9.37 Å². The van der Waals surface area contributed by atoms with Crippen molar-refractivity contribution < 1.29 is 13.6 Å². The Balaban J connectivity index is 1.49. The van der Waals surface area contributed by atoms with Crippen molar-refractivity contribution in [2.24, 2.45) is 0 Å². The average molecular weight is 344 g/mol. The predicted molar refractivity (Wildman–Crippen MR) is 89.8 cm³/mol. The summed E-state index contributed by atoms with van der Waals surface area (Å²) in [5.74, 6) is 0.853. The third kappa shape index (κ3) is 4.56. The predicted octanol–water partition coefficient (Wildman–Crippen LogP) is 3.44. The van der Waals surface area contributed by atoms with Crippen LogP contribution in [0.25, 0.3) is 12.2 Å². The molecule has 1 aromatic carbocycles. The number of amides is 1. The lowest BCUT2D eigenvalue weighted by Gasteiger charge is -2.03. The minimum absolute atomic E-state index is 0.149. The Morgan fingerprint density at radius 1 is 1.29 bits per heavy atom. The van der Waals surface area contributed by atoms with E-state index in [-0.39, 0.29) is 17.5 Å².